The number of carbonyl (C=O) groups is 1. The molecular formula is C9H7F3N2O. The molecule has 0 saturated carbocycles. The van der Waals surface area contributed by atoms with Crippen LogP contribution in [0.15, 0.2) is 12.4 Å². The molecule has 3 nitrogen and oxygen atoms in total. The Labute approximate surface area is 83.9 Å². The number of terminal acetylenes is 1. The smallest absolute Gasteiger partial charge is 0.284 e. The molecule has 0 radical (unpaired) electrons. The van der Waals surface area contributed by atoms with E-state index in [1.807, 2.05) is 0 Å². The zero-order chi connectivity index (χ0) is 11.5. The van der Waals surface area contributed by atoms with Gasteiger partial charge in [-0.05, 0) is 0 Å². The molecule has 0 amide bonds. The predicted octanol–water partition coefficient (Wildman–Crippen LogP) is 1.65. The second-order valence-corrected chi connectivity index (χ2v) is 2.77. The van der Waals surface area contributed by atoms with Crippen molar-refractivity contribution < 1.29 is 18.0 Å². The molecule has 6 heteroatoms. The van der Waals surface area contributed by atoms with E-state index in [-0.39, 0.29) is 0 Å². The molecule has 0 aliphatic heterocycles. The average molecular weight is 216 g/mol. The van der Waals surface area contributed by atoms with E-state index in [0.717, 1.165) is 12.4 Å². The number of ketones is 1. The van der Waals surface area contributed by atoms with Gasteiger partial charge in [-0.2, -0.15) is 18.3 Å². The van der Waals surface area contributed by atoms with Gasteiger partial charge < -0.3 is 0 Å². The standard InChI is InChI=1S/C9H7F3N2O/c1-2-3-4-14-6-7(5-13-14)8(15)9(10,11)12/h1,5-6H,3-4H2. The average Bonchev–Trinajstić information content (AvgIpc) is 2.60. The Hall–Kier alpha value is -1.77. The fourth-order valence-electron chi connectivity index (χ4n) is 0.946. The summed E-state index contributed by atoms with van der Waals surface area (Å²) in [7, 11) is 0. The van der Waals surface area contributed by atoms with Gasteiger partial charge in [0.1, 0.15) is 0 Å². The van der Waals surface area contributed by atoms with Crippen LogP contribution in [-0.2, 0) is 6.54 Å². The lowest BCUT2D eigenvalue weighted by Crippen LogP contribution is -2.22. The highest BCUT2D eigenvalue weighted by molar-refractivity contribution is 5.99. The van der Waals surface area contributed by atoms with E-state index in [9.17, 15) is 18.0 Å². The Morgan fingerprint density at radius 3 is 2.80 bits per heavy atom. The van der Waals surface area contributed by atoms with Gasteiger partial charge in [-0.25, -0.2) is 0 Å². The van der Waals surface area contributed by atoms with E-state index < -0.39 is 17.5 Å². The van der Waals surface area contributed by atoms with E-state index in [0.29, 0.717) is 13.0 Å². The molecule has 15 heavy (non-hydrogen) atoms. The molecule has 0 aliphatic carbocycles. The van der Waals surface area contributed by atoms with Gasteiger partial charge in [0, 0.05) is 12.6 Å². The number of aromatic nitrogens is 2. The fraction of sp³-hybridized carbons (Fsp3) is 0.333. The van der Waals surface area contributed by atoms with Crippen molar-refractivity contribution in [2.45, 2.75) is 19.1 Å². The monoisotopic (exact) mass is 216 g/mol. The highest BCUT2D eigenvalue weighted by Crippen LogP contribution is 2.20. The molecule has 0 spiro atoms. The zero-order valence-corrected chi connectivity index (χ0v) is 7.58. The largest absolute Gasteiger partial charge is 0.454 e. The second kappa shape index (κ2) is 4.17. The fourth-order valence-corrected chi connectivity index (χ4v) is 0.946. The van der Waals surface area contributed by atoms with Gasteiger partial charge in [0.2, 0.25) is 0 Å². The Balaban J connectivity index is 2.77. The molecule has 1 heterocycles. The SMILES string of the molecule is C#CCCn1cc(C(=O)C(F)(F)F)cn1. The number of alkyl halides is 3. The van der Waals surface area contributed by atoms with Gasteiger partial charge in [-0.15, -0.1) is 12.3 Å². The van der Waals surface area contributed by atoms with Gasteiger partial charge >= 0.3 is 6.18 Å². The van der Waals surface area contributed by atoms with Crippen molar-refractivity contribution in [3.8, 4) is 12.3 Å². The molecule has 80 valence electrons. The van der Waals surface area contributed by atoms with Crippen molar-refractivity contribution in [1.29, 1.82) is 0 Å². The number of hydrogen-bond acceptors (Lipinski definition) is 2. The maximum Gasteiger partial charge on any atom is 0.454 e. The first kappa shape index (κ1) is 11.3. The van der Waals surface area contributed by atoms with Crippen LogP contribution < -0.4 is 0 Å². The van der Waals surface area contributed by atoms with Crippen molar-refractivity contribution in [1.82, 2.24) is 9.78 Å². The minimum atomic E-state index is -4.86. The van der Waals surface area contributed by atoms with Crippen LogP contribution in [0.1, 0.15) is 16.8 Å². The van der Waals surface area contributed by atoms with Crippen LogP contribution >= 0.6 is 0 Å². The molecule has 0 aliphatic rings. The summed E-state index contributed by atoms with van der Waals surface area (Å²) < 4.78 is 37.1. The number of hydrogen-bond donors (Lipinski definition) is 0. The molecule has 0 saturated heterocycles. The maximum absolute atomic E-state index is 12.0. The van der Waals surface area contributed by atoms with Crippen LogP contribution in [0.25, 0.3) is 0 Å². The number of nitrogens with zero attached hydrogens (tertiary/aromatic N) is 2. The molecule has 0 aromatic carbocycles. The van der Waals surface area contributed by atoms with Crippen molar-refractivity contribution in [2.24, 2.45) is 0 Å². The Bertz CT molecular complexity index is 400. The zero-order valence-electron chi connectivity index (χ0n) is 7.58. The second-order valence-electron chi connectivity index (χ2n) is 2.77. The first-order chi connectivity index (χ1) is 6.95. The van der Waals surface area contributed by atoms with Gasteiger partial charge in [0.05, 0.1) is 18.3 Å². The highest BCUT2D eigenvalue weighted by Gasteiger charge is 2.39. The van der Waals surface area contributed by atoms with Crippen LogP contribution in [0.3, 0.4) is 0 Å². The number of aryl methyl sites for hydroxylation is 1. The Morgan fingerprint density at radius 2 is 2.27 bits per heavy atom. The summed E-state index contributed by atoms with van der Waals surface area (Å²) in [5, 5.41) is 3.59. The Morgan fingerprint density at radius 1 is 1.60 bits per heavy atom. The molecule has 0 fully saturated rings. The highest BCUT2D eigenvalue weighted by atomic mass is 19.4. The van der Waals surface area contributed by atoms with E-state index >= 15 is 0 Å². The van der Waals surface area contributed by atoms with Crippen LogP contribution in [0, 0.1) is 12.3 Å². The number of rotatable bonds is 3. The topological polar surface area (TPSA) is 34.9 Å². The lowest BCUT2D eigenvalue weighted by molar-refractivity contribution is -0.0885. The predicted molar refractivity (Wildman–Crippen MR) is 46.1 cm³/mol. The Kier molecular flexibility index (Phi) is 3.14. The first-order valence-corrected chi connectivity index (χ1v) is 4.02. The van der Waals surface area contributed by atoms with Gasteiger partial charge in [-0.3, -0.25) is 9.48 Å². The van der Waals surface area contributed by atoms with E-state index in [2.05, 4.69) is 11.0 Å². The molecule has 1 rings (SSSR count). The molecule has 0 unspecified atom stereocenters. The first-order valence-electron chi connectivity index (χ1n) is 4.02. The van der Waals surface area contributed by atoms with E-state index in [1.54, 1.807) is 0 Å². The summed E-state index contributed by atoms with van der Waals surface area (Å²) >= 11 is 0. The molecule has 0 bridgehead atoms. The summed E-state index contributed by atoms with van der Waals surface area (Å²) in [6.45, 7) is 0.293. The summed E-state index contributed by atoms with van der Waals surface area (Å²) in [6.07, 6.45) is 2.38. The van der Waals surface area contributed by atoms with Gasteiger partial charge in [-0.1, -0.05) is 0 Å². The summed E-state index contributed by atoms with van der Waals surface area (Å²) in [6, 6.07) is 0. The van der Waals surface area contributed by atoms with Crippen LogP contribution in [0.5, 0.6) is 0 Å². The number of carbonyl (C=O) groups excluding carboxylic acids is 1. The third kappa shape index (κ3) is 2.84. The third-order valence-electron chi connectivity index (χ3n) is 1.64. The van der Waals surface area contributed by atoms with Crippen LogP contribution in [-0.4, -0.2) is 21.7 Å². The van der Waals surface area contributed by atoms with Crippen LogP contribution in [0.4, 0.5) is 13.2 Å². The molecular weight excluding hydrogens is 209 g/mol. The van der Waals surface area contributed by atoms with Crippen molar-refractivity contribution in [3.63, 3.8) is 0 Å². The summed E-state index contributed by atoms with van der Waals surface area (Å²) in [4.78, 5) is 10.7. The van der Waals surface area contributed by atoms with Crippen LogP contribution in [0.2, 0.25) is 0 Å². The summed E-state index contributed by atoms with van der Waals surface area (Å²) in [5.74, 6) is 0.423. The quantitative estimate of drug-likeness (QED) is 0.568. The molecule has 0 atom stereocenters. The third-order valence-corrected chi connectivity index (χ3v) is 1.64. The lowest BCUT2D eigenvalue weighted by atomic mass is 10.2. The lowest BCUT2D eigenvalue weighted by Gasteiger charge is -2.01. The number of Topliss-reactive ketones (excluding diaryl/α,β-unsaturated/α-hetero) is 1. The van der Waals surface area contributed by atoms with Gasteiger partial charge in [0.25, 0.3) is 5.78 Å². The van der Waals surface area contributed by atoms with Crippen molar-refractivity contribution in [2.75, 3.05) is 0 Å². The molecule has 1 aromatic heterocycles. The minimum absolute atomic E-state index is 0.293. The normalized spacial score (nSPS) is 11.1. The molecule has 0 N–H and O–H groups in total. The number of halogens is 3. The van der Waals surface area contributed by atoms with E-state index in [1.165, 1.54) is 4.68 Å². The summed E-state index contributed by atoms with van der Waals surface area (Å²) in [5.41, 5.74) is -0.473. The van der Waals surface area contributed by atoms with E-state index in [4.69, 9.17) is 6.42 Å². The minimum Gasteiger partial charge on any atom is -0.284 e. The molecule has 1 aromatic rings. The maximum atomic E-state index is 12.0. The van der Waals surface area contributed by atoms with Crippen molar-refractivity contribution >= 4 is 5.78 Å². The van der Waals surface area contributed by atoms with Gasteiger partial charge in [0.15, 0.2) is 0 Å². The van der Waals surface area contributed by atoms with Crippen molar-refractivity contribution in [3.05, 3.63) is 18.0 Å².